The molecule has 0 aliphatic carbocycles. The third-order valence-electron chi connectivity index (χ3n) is 5.18. The monoisotopic (exact) mass is 348 g/mol. The molecule has 0 aliphatic rings. The molecule has 0 radical (unpaired) electrons. The Labute approximate surface area is 158 Å². The van der Waals surface area contributed by atoms with Crippen LogP contribution in [0.25, 0.3) is 21.8 Å². The summed E-state index contributed by atoms with van der Waals surface area (Å²) in [6, 6.07) is 30.4. The standard InChI is InChI=1S/C25H20N2/c1-2-6-20(7-3-1)18-27-24-9-5-4-8-22(24)23-17-21(10-11-25(23)27)16-19-12-14-26-15-13-19/h1-15,17H,16,18H2. The van der Waals surface area contributed by atoms with Crippen LogP contribution >= 0.6 is 0 Å². The maximum atomic E-state index is 4.12. The van der Waals surface area contributed by atoms with E-state index < -0.39 is 0 Å². The Morgan fingerprint density at radius 3 is 2.19 bits per heavy atom. The summed E-state index contributed by atoms with van der Waals surface area (Å²) < 4.78 is 2.43. The average Bonchev–Trinajstić information content (AvgIpc) is 3.03. The summed E-state index contributed by atoms with van der Waals surface area (Å²) in [6.45, 7) is 0.883. The van der Waals surface area contributed by atoms with E-state index in [1.54, 1.807) is 0 Å². The molecule has 0 saturated heterocycles. The summed E-state index contributed by atoms with van der Waals surface area (Å²) in [5.41, 5.74) is 6.52. The van der Waals surface area contributed by atoms with Gasteiger partial charge in [-0.2, -0.15) is 0 Å². The maximum Gasteiger partial charge on any atom is 0.0494 e. The van der Waals surface area contributed by atoms with Gasteiger partial charge in [0.1, 0.15) is 0 Å². The SMILES string of the molecule is c1ccc(Cn2c3ccccc3c3cc(Cc4ccncc4)ccc32)cc1. The van der Waals surface area contributed by atoms with Crippen molar-refractivity contribution in [2.24, 2.45) is 0 Å². The number of hydrogen-bond acceptors (Lipinski definition) is 1. The Morgan fingerprint density at radius 1 is 0.593 bits per heavy atom. The minimum Gasteiger partial charge on any atom is -0.336 e. The van der Waals surface area contributed by atoms with Crippen LogP contribution in [0.2, 0.25) is 0 Å². The Hall–Kier alpha value is -3.39. The van der Waals surface area contributed by atoms with Gasteiger partial charge in [-0.25, -0.2) is 0 Å². The molecule has 0 atom stereocenters. The lowest BCUT2D eigenvalue weighted by Gasteiger charge is -2.08. The van der Waals surface area contributed by atoms with Crippen molar-refractivity contribution in [3.8, 4) is 0 Å². The van der Waals surface area contributed by atoms with Crippen molar-refractivity contribution in [1.29, 1.82) is 0 Å². The molecular weight excluding hydrogens is 328 g/mol. The minimum absolute atomic E-state index is 0.883. The van der Waals surface area contributed by atoms with Crippen molar-refractivity contribution >= 4 is 21.8 Å². The van der Waals surface area contributed by atoms with Crippen LogP contribution in [-0.4, -0.2) is 9.55 Å². The first-order valence-corrected chi connectivity index (χ1v) is 9.31. The third kappa shape index (κ3) is 3.00. The molecule has 0 aliphatic heterocycles. The number of rotatable bonds is 4. The summed E-state index contributed by atoms with van der Waals surface area (Å²) in [6.07, 6.45) is 4.65. The first-order valence-electron chi connectivity index (χ1n) is 9.31. The van der Waals surface area contributed by atoms with Gasteiger partial charge in [0.2, 0.25) is 0 Å². The summed E-state index contributed by atoms with van der Waals surface area (Å²) in [7, 11) is 0. The van der Waals surface area contributed by atoms with Gasteiger partial charge in [-0.1, -0.05) is 54.6 Å². The summed E-state index contributed by atoms with van der Waals surface area (Å²) in [5, 5.41) is 2.65. The second kappa shape index (κ2) is 6.73. The predicted octanol–water partition coefficient (Wildman–Crippen LogP) is 5.83. The molecule has 0 spiro atoms. The smallest absolute Gasteiger partial charge is 0.0494 e. The summed E-state index contributed by atoms with van der Waals surface area (Å²) in [4.78, 5) is 4.12. The molecule has 5 aromatic rings. The van der Waals surface area contributed by atoms with E-state index >= 15 is 0 Å². The van der Waals surface area contributed by atoms with Crippen LogP contribution in [-0.2, 0) is 13.0 Å². The number of nitrogens with zero attached hydrogens (tertiary/aromatic N) is 2. The molecule has 2 heteroatoms. The van der Waals surface area contributed by atoms with E-state index in [2.05, 4.69) is 94.5 Å². The van der Waals surface area contributed by atoms with Crippen LogP contribution in [0.15, 0.2) is 97.3 Å². The van der Waals surface area contributed by atoms with Crippen molar-refractivity contribution in [1.82, 2.24) is 9.55 Å². The van der Waals surface area contributed by atoms with Gasteiger partial charge >= 0.3 is 0 Å². The maximum absolute atomic E-state index is 4.12. The summed E-state index contributed by atoms with van der Waals surface area (Å²) in [5.74, 6) is 0. The molecule has 0 bridgehead atoms. The van der Waals surface area contributed by atoms with Crippen molar-refractivity contribution in [3.05, 3.63) is 114 Å². The molecule has 3 aromatic carbocycles. The van der Waals surface area contributed by atoms with Crippen molar-refractivity contribution in [3.63, 3.8) is 0 Å². The van der Waals surface area contributed by atoms with E-state index in [1.165, 1.54) is 38.5 Å². The molecule has 130 valence electrons. The van der Waals surface area contributed by atoms with Crippen LogP contribution in [0.1, 0.15) is 16.7 Å². The average molecular weight is 348 g/mol. The first kappa shape index (κ1) is 15.8. The quantitative estimate of drug-likeness (QED) is 0.400. The molecule has 0 saturated carbocycles. The van der Waals surface area contributed by atoms with Gasteiger partial charge < -0.3 is 4.57 Å². The highest BCUT2D eigenvalue weighted by molar-refractivity contribution is 6.08. The van der Waals surface area contributed by atoms with Gasteiger partial charge in [0, 0.05) is 40.7 Å². The van der Waals surface area contributed by atoms with E-state index in [0.29, 0.717) is 0 Å². The fourth-order valence-electron chi connectivity index (χ4n) is 3.88. The van der Waals surface area contributed by atoms with E-state index in [0.717, 1.165) is 13.0 Å². The van der Waals surface area contributed by atoms with Crippen molar-refractivity contribution in [2.75, 3.05) is 0 Å². The van der Waals surface area contributed by atoms with Crippen LogP contribution in [0.3, 0.4) is 0 Å². The fourth-order valence-corrected chi connectivity index (χ4v) is 3.88. The highest BCUT2D eigenvalue weighted by Gasteiger charge is 2.11. The minimum atomic E-state index is 0.883. The molecular formula is C25H20N2. The molecule has 2 aromatic heterocycles. The zero-order valence-electron chi connectivity index (χ0n) is 15.0. The molecule has 0 amide bonds. The van der Waals surface area contributed by atoms with E-state index in [-0.39, 0.29) is 0 Å². The van der Waals surface area contributed by atoms with Gasteiger partial charge in [0.05, 0.1) is 0 Å². The molecule has 0 fully saturated rings. The van der Waals surface area contributed by atoms with Crippen molar-refractivity contribution < 1.29 is 0 Å². The second-order valence-electron chi connectivity index (χ2n) is 6.97. The van der Waals surface area contributed by atoms with Crippen LogP contribution < -0.4 is 0 Å². The van der Waals surface area contributed by atoms with Gasteiger partial charge in [-0.3, -0.25) is 4.98 Å². The van der Waals surface area contributed by atoms with Crippen molar-refractivity contribution in [2.45, 2.75) is 13.0 Å². The Bertz CT molecular complexity index is 1200. The third-order valence-corrected chi connectivity index (χ3v) is 5.18. The highest BCUT2D eigenvalue weighted by atomic mass is 15.0. The van der Waals surface area contributed by atoms with E-state index in [4.69, 9.17) is 0 Å². The van der Waals surface area contributed by atoms with E-state index in [9.17, 15) is 0 Å². The Kier molecular flexibility index (Phi) is 3.95. The highest BCUT2D eigenvalue weighted by Crippen LogP contribution is 2.31. The zero-order chi connectivity index (χ0) is 18.1. The molecule has 5 rings (SSSR count). The number of benzene rings is 3. The van der Waals surface area contributed by atoms with Crippen LogP contribution in [0, 0.1) is 0 Å². The number of pyridine rings is 1. The van der Waals surface area contributed by atoms with Gasteiger partial charge in [-0.15, -0.1) is 0 Å². The number of fused-ring (bicyclic) bond motifs is 3. The zero-order valence-corrected chi connectivity index (χ0v) is 15.0. The number of aromatic nitrogens is 2. The lowest BCUT2D eigenvalue weighted by atomic mass is 10.0. The van der Waals surface area contributed by atoms with Crippen LogP contribution in [0.4, 0.5) is 0 Å². The molecule has 2 nitrogen and oxygen atoms in total. The summed E-state index contributed by atoms with van der Waals surface area (Å²) >= 11 is 0. The molecule has 27 heavy (non-hydrogen) atoms. The molecule has 0 N–H and O–H groups in total. The number of para-hydroxylation sites is 1. The Balaban J connectivity index is 1.64. The van der Waals surface area contributed by atoms with Gasteiger partial charge in [0.15, 0.2) is 0 Å². The van der Waals surface area contributed by atoms with Gasteiger partial charge in [0.25, 0.3) is 0 Å². The largest absolute Gasteiger partial charge is 0.336 e. The first-order chi connectivity index (χ1) is 13.4. The normalized spacial score (nSPS) is 11.3. The van der Waals surface area contributed by atoms with Crippen LogP contribution in [0.5, 0.6) is 0 Å². The predicted molar refractivity (Wildman–Crippen MR) is 112 cm³/mol. The van der Waals surface area contributed by atoms with Gasteiger partial charge in [-0.05, 0) is 53.4 Å². The van der Waals surface area contributed by atoms with E-state index in [1.807, 2.05) is 12.4 Å². The second-order valence-corrected chi connectivity index (χ2v) is 6.97. The topological polar surface area (TPSA) is 17.8 Å². The molecule has 0 unspecified atom stereocenters. The Morgan fingerprint density at radius 2 is 1.33 bits per heavy atom. The lowest BCUT2D eigenvalue weighted by molar-refractivity contribution is 0.869. The lowest BCUT2D eigenvalue weighted by Crippen LogP contribution is -1.99. The fraction of sp³-hybridized carbons (Fsp3) is 0.0800. The number of hydrogen-bond donors (Lipinski definition) is 0. The molecule has 2 heterocycles.